The number of nitrogens with zero attached hydrogens (tertiary/aromatic N) is 1. The van der Waals surface area contributed by atoms with Crippen molar-refractivity contribution in [1.29, 1.82) is 0 Å². The highest BCUT2D eigenvalue weighted by Gasteiger charge is 2.18. The van der Waals surface area contributed by atoms with Crippen LogP contribution in [0.4, 0.5) is 0 Å². The molecule has 1 aliphatic heterocycles. The van der Waals surface area contributed by atoms with Crippen molar-refractivity contribution < 1.29 is 0 Å². The van der Waals surface area contributed by atoms with E-state index >= 15 is 0 Å². The van der Waals surface area contributed by atoms with Gasteiger partial charge in [0.15, 0.2) is 0 Å². The normalized spacial score (nSPS) is 19.5. The number of hydrogen-bond acceptors (Lipinski definition) is 2. The minimum Gasteiger partial charge on any atom is -0.313 e. The molecule has 2 heteroatoms. The van der Waals surface area contributed by atoms with Gasteiger partial charge in [0.2, 0.25) is 0 Å². The Morgan fingerprint density at radius 2 is 2.11 bits per heavy atom. The molecule has 1 aliphatic rings. The van der Waals surface area contributed by atoms with Gasteiger partial charge in [-0.25, -0.2) is 0 Å². The van der Waals surface area contributed by atoms with Gasteiger partial charge in [-0.2, -0.15) is 0 Å². The van der Waals surface area contributed by atoms with Gasteiger partial charge in [-0.15, -0.1) is 0 Å². The van der Waals surface area contributed by atoms with E-state index in [0.29, 0.717) is 6.04 Å². The van der Waals surface area contributed by atoms with Gasteiger partial charge in [0.1, 0.15) is 0 Å². The van der Waals surface area contributed by atoms with E-state index in [1.54, 1.807) is 0 Å². The molecule has 1 aromatic rings. The molecule has 0 radical (unpaired) electrons. The third-order valence-electron chi connectivity index (χ3n) is 3.92. The van der Waals surface area contributed by atoms with E-state index in [1.807, 2.05) is 0 Å². The van der Waals surface area contributed by atoms with Gasteiger partial charge in [-0.05, 0) is 43.4 Å². The molecule has 2 nitrogen and oxygen atoms in total. The van der Waals surface area contributed by atoms with Crippen LogP contribution in [0, 0.1) is 12.8 Å². The maximum absolute atomic E-state index is 3.62. The van der Waals surface area contributed by atoms with E-state index in [9.17, 15) is 0 Å². The first-order valence-corrected chi connectivity index (χ1v) is 7.65. The van der Waals surface area contributed by atoms with E-state index in [1.165, 1.54) is 43.6 Å². The zero-order valence-corrected chi connectivity index (χ0v) is 12.7. The van der Waals surface area contributed by atoms with Crippen LogP contribution in [0.15, 0.2) is 24.3 Å². The summed E-state index contributed by atoms with van der Waals surface area (Å²) in [5, 5.41) is 3.62. The molecule has 1 atom stereocenters. The fraction of sp³-hybridized carbons (Fsp3) is 0.647. The van der Waals surface area contributed by atoms with Gasteiger partial charge >= 0.3 is 0 Å². The van der Waals surface area contributed by atoms with E-state index in [0.717, 1.165) is 12.5 Å². The molecule has 19 heavy (non-hydrogen) atoms. The molecular weight excluding hydrogens is 232 g/mol. The topological polar surface area (TPSA) is 15.3 Å². The van der Waals surface area contributed by atoms with Crippen LogP contribution in [0.25, 0.3) is 0 Å². The highest BCUT2D eigenvalue weighted by atomic mass is 15.2. The van der Waals surface area contributed by atoms with Crippen LogP contribution in [0.5, 0.6) is 0 Å². The predicted molar refractivity (Wildman–Crippen MR) is 82.3 cm³/mol. The Labute approximate surface area is 118 Å². The van der Waals surface area contributed by atoms with Crippen LogP contribution in [-0.2, 0) is 6.54 Å². The standard InChI is InChI=1S/C17H28N2/c1-14(2)11-19(13-17-9-6-10-18-17)12-16-8-5-4-7-15(16)3/h4-5,7-8,14,17-18H,6,9-13H2,1-3H3. The number of nitrogens with one attached hydrogen (secondary N) is 1. The smallest absolute Gasteiger partial charge is 0.0237 e. The molecule has 1 aromatic carbocycles. The van der Waals surface area contributed by atoms with E-state index in [4.69, 9.17) is 0 Å². The van der Waals surface area contributed by atoms with Crippen molar-refractivity contribution in [3.8, 4) is 0 Å². The van der Waals surface area contributed by atoms with Gasteiger partial charge in [0.05, 0.1) is 0 Å². The second-order valence-electron chi connectivity index (χ2n) is 6.31. The van der Waals surface area contributed by atoms with Crippen LogP contribution in [0.3, 0.4) is 0 Å². The van der Waals surface area contributed by atoms with Crippen molar-refractivity contribution in [2.24, 2.45) is 5.92 Å². The predicted octanol–water partition coefficient (Wildman–Crippen LogP) is 3.21. The molecule has 0 saturated carbocycles. The second kappa shape index (κ2) is 7.06. The number of aryl methyl sites for hydroxylation is 1. The first kappa shape index (κ1) is 14.5. The van der Waals surface area contributed by atoms with Gasteiger partial charge < -0.3 is 5.32 Å². The first-order valence-electron chi connectivity index (χ1n) is 7.65. The Hall–Kier alpha value is -0.860. The molecule has 1 N–H and O–H groups in total. The van der Waals surface area contributed by atoms with E-state index in [2.05, 4.69) is 55.3 Å². The van der Waals surface area contributed by atoms with Gasteiger partial charge in [-0.3, -0.25) is 4.90 Å². The Kier molecular flexibility index (Phi) is 5.41. The van der Waals surface area contributed by atoms with Crippen LogP contribution in [-0.4, -0.2) is 30.6 Å². The van der Waals surface area contributed by atoms with Gasteiger partial charge in [0.25, 0.3) is 0 Å². The summed E-state index contributed by atoms with van der Waals surface area (Å²) in [6.07, 6.45) is 2.67. The second-order valence-corrected chi connectivity index (χ2v) is 6.31. The lowest BCUT2D eigenvalue weighted by Crippen LogP contribution is -2.39. The van der Waals surface area contributed by atoms with Crippen LogP contribution < -0.4 is 5.32 Å². The summed E-state index contributed by atoms with van der Waals surface area (Å²) in [6, 6.07) is 9.47. The summed E-state index contributed by atoms with van der Waals surface area (Å²) in [7, 11) is 0. The molecule has 1 heterocycles. The zero-order chi connectivity index (χ0) is 13.7. The third-order valence-corrected chi connectivity index (χ3v) is 3.92. The summed E-state index contributed by atoms with van der Waals surface area (Å²) in [4.78, 5) is 2.62. The Morgan fingerprint density at radius 1 is 1.32 bits per heavy atom. The highest BCUT2D eigenvalue weighted by molar-refractivity contribution is 5.25. The minimum absolute atomic E-state index is 0.697. The largest absolute Gasteiger partial charge is 0.313 e. The molecule has 0 spiro atoms. The molecule has 0 aliphatic carbocycles. The lowest BCUT2D eigenvalue weighted by molar-refractivity contribution is 0.216. The van der Waals surface area contributed by atoms with Crippen molar-refractivity contribution in [1.82, 2.24) is 10.2 Å². The van der Waals surface area contributed by atoms with Gasteiger partial charge in [0, 0.05) is 25.7 Å². The monoisotopic (exact) mass is 260 g/mol. The van der Waals surface area contributed by atoms with Crippen LogP contribution in [0.2, 0.25) is 0 Å². The van der Waals surface area contributed by atoms with Crippen molar-refractivity contribution >= 4 is 0 Å². The molecule has 0 aromatic heterocycles. The lowest BCUT2D eigenvalue weighted by Gasteiger charge is -2.28. The highest BCUT2D eigenvalue weighted by Crippen LogP contribution is 2.14. The molecular formula is C17H28N2. The molecule has 1 fully saturated rings. The van der Waals surface area contributed by atoms with Crippen molar-refractivity contribution in [2.75, 3.05) is 19.6 Å². The lowest BCUT2D eigenvalue weighted by atomic mass is 10.1. The summed E-state index contributed by atoms with van der Waals surface area (Å²) >= 11 is 0. The summed E-state index contributed by atoms with van der Waals surface area (Å²) in [5.41, 5.74) is 2.89. The van der Waals surface area contributed by atoms with Crippen LogP contribution >= 0.6 is 0 Å². The SMILES string of the molecule is Cc1ccccc1CN(CC(C)C)CC1CCCN1. The van der Waals surface area contributed by atoms with Crippen molar-refractivity contribution in [3.63, 3.8) is 0 Å². The summed E-state index contributed by atoms with van der Waals surface area (Å²) in [5.74, 6) is 0.727. The minimum atomic E-state index is 0.697. The molecule has 0 bridgehead atoms. The fourth-order valence-electron chi connectivity index (χ4n) is 2.97. The zero-order valence-electron chi connectivity index (χ0n) is 12.7. The average Bonchev–Trinajstić information content (AvgIpc) is 2.84. The Balaban J connectivity index is 1.98. The number of benzene rings is 1. The Bertz CT molecular complexity index is 381. The third kappa shape index (κ3) is 4.63. The van der Waals surface area contributed by atoms with E-state index in [-0.39, 0.29) is 0 Å². The maximum atomic E-state index is 3.62. The van der Waals surface area contributed by atoms with E-state index < -0.39 is 0 Å². The van der Waals surface area contributed by atoms with Crippen molar-refractivity contribution in [2.45, 2.75) is 46.2 Å². The molecule has 2 rings (SSSR count). The van der Waals surface area contributed by atoms with Gasteiger partial charge in [-0.1, -0.05) is 38.1 Å². The summed E-state index contributed by atoms with van der Waals surface area (Å²) < 4.78 is 0. The molecule has 0 amide bonds. The van der Waals surface area contributed by atoms with Crippen molar-refractivity contribution in [3.05, 3.63) is 35.4 Å². The molecule has 106 valence electrons. The Morgan fingerprint density at radius 3 is 2.74 bits per heavy atom. The summed E-state index contributed by atoms with van der Waals surface area (Å²) in [6.45, 7) is 11.5. The average molecular weight is 260 g/mol. The maximum Gasteiger partial charge on any atom is 0.0237 e. The first-order chi connectivity index (χ1) is 9.15. The fourth-order valence-corrected chi connectivity index (χ4v) is 2.97. The molecule has 1 unspecified atom stereocenters. The van der Waals surface area contributed by atoms with Crippen LogP contribution in [0.1, 0.15) is 37.8 Å². The number of hydrogen-bond donors (Lipinski definition) is 1. The quantitative estimate of drug-likeness (QED) is 0.845. The molecule has 1 saturated heterocycles. The number of rotatable bonds is 6.